The molecule has 0 radical (unpaired) electrons. The molecule has 0 aliphatic carbocycles. The number of nitrogens with one attached hydrogen (secondary N) is 1. The van der Waals surface area contributed by atoms with Gasteiger partial charge in [0.25, 0.3) is 5.91 Å². The summed E-state index contributed by atoms with van der Waals surface area (Å²) in [5.41, 5.74) is 6.25. The van der Waals surface area contributed by atoms with Crippen LogP contribution in [0.3, 0.4) is 0 Å². The van der Waals surface area contributed by atoms with Gasteiger partial charge < -0.3 is 10.1 Å². The maximum atomic E-state index is 12.4. The van der Waals surface area contributed by atoms with Crippen LogP contribution >= 0.6 is 0 Å². The molecule has 1 aromatic rings. The van der Waals surface area contributed by atoms with Crippen LogP contribution in [-0.4, -0.2) is 25.0 Å². The second kappa shape index (κ2) is 7.25. The molecule has 0 aliphatic heterocycles. The SMILES string of the molecule is CCOC(=O)CCNC(=O)c1c(C)c(C)c(C)c(C)c1C. The molecule has 0 aliphatic rings. The number of esters is 1. The molecule has 0 aromatic heterocycles. The van der Waals surface area contributed by atoms with E-state index in [4.69, 9.17) is 4.74 Å². The Hall–Kier alpha value is -1.84. The molecule has 0 spiro atoms. The van der Waals surface area contributed by atoms with Gasteiger partial charge in [0.15, 0.2) is 0 Å². The number of carbonyl (C=O) groups is 2. The fraction of sp³-hybridized carbons (Fsp3) is 0.529. The molecule has 4 nitrogen and oxygen atoms in total. The fourth-order valence-electron chi connectivity index (χ4n) is 2.44. The van der Waals surface area contributed by atoms with E-state index >= 15 is 0 Å². The smallest absolute Gasteiger partial charge is 0.307 e. The van der Waals surface area contributed by atoms with E-state index in [9.17, 15) is 9.59 Å². The normalized spacial score (nSPS) is 10.4. The summed E-state index contributed by atoms with van der Waals surface area (Å²) in [6.45, 7) is 12.5. The van der Waals surface area contributed by atoms with Gasteiger partial charge in [-0.1, -0.05) is 0 Å². The maximum Gasteiger partial charge on any atom is 0.307 e. The standard InChI is InChI=1S/C17H25NO3/c1-7-21-15(19)8-9-18-17(20)16-13(5)11(3)10(2)12(4)14(16)6/h7-9H2,1-6H3,(H,18,20). The highest BCUT2D eigenvalue weighted by Gasteiger charge is 2.18. The van der Waals surface area contributed by atoms with Crippen LogP contribution in [0.4, 0.5) is 0 Å². The number of carbonyl (C=O) groups excluding carboxylic acids is 2. The van der Waals surface area contributed by atoms with E-state index in [2.05, 4.69) is 12.2 Å². The molecule has 0 atom stereocenters. The molecule has 1 N–H and O–H groups in total. The molecular formula is C17H25NO3. The Kier molecular flexibility index (Phi) is 5.94. The van der Waals surface area contributed by atoms with Crippen LogP contribution in [0.1, 0.15) is 51.5 Å². The first kappa shape index (κ1) is 17.2. The first-order valence-corrected chi connectivity index (χ1v) is 7.32. The molecule has 116 valence electrons. The molecule has 21 heavy (non-hydrogen) atoms. The van der Waals surface area contributed by atoms with Crippen molar-refractivity contribution >= 4 is 11.9 Å². The number of rotatable bonds is 5. The van der Waals surface area contributed by atoms with Crippen molar-refractivity contribution < 1.29 is 14.3 Å². The van der Waals surface area contributed by atoms with E-state index in [0.717, 1.165) is 27.8 Å². The van der Waals surface area contributed by atoms with Gasteiger partial charge in [0.2, 0.25) is 0 Å². The Morgan fingerprint density at radius 1 is 0.905 bits per heavy atom. The Balaban J connectivity index is 2.87. The average Bonchev–Trinajstić information content (AvgIpc) is 2.43. The van der Waals surface area contributed by atoms with Gasteiger partial charge in [0, 0.05) is 12.1 Å². The summed E-state index contributed by atoms with van der Waals surface area (Å²) in [6, 6.07) is 0. The first-order valence-electron chi connectivity index (χ1n) is 7.32. The van der Waals surface area contributed by atoms with Crippen molar-refractivity contribution in [3.05, 3.63) is 33.4 Å². The highest BCUT2D eigenvalue weighted by atomic mass is 16.5. The minimum atomic E-state index is -0.289. The highest BCUT2D eigenvalue weighted by Crippen LogP contribution is 2.25. The predicted octanol–water partition coefficient (Wildman–Crippen LogP) is 2.91. The van der Waals surface area contributed by atoms with Gasteiger partial charge in [0.1, 0.15) is 0 Å². The van der Waals surface area contributed by atoms with Crippen molar-refractivity contribution in [2.75, 3.05) is 13.2 Å². The number of hydrogen-bond donors (Lipinski definition) is 1. The second-order valence-corrected chi connectivity index (χ2v) is 5.31. The zero-order valence-electron chi connectivity index (χ0n) is 13.8. The molecule has 0 fully saturated rings. The largest absolute Gasteiger partial charge is 0.466 e. The van der Waals surface area contributed by atoms with Gasteiger partial charge in [-0.2, -0.15) is 0 Å². The van der Waals surface area contributed by atoms with Gasteiger partial charge in [-0.3, -0.25) is 9.59 Å². The lowest BCUT2D eigenvalue weighted by Crippen LogP contribution is -2.28. The van der Waals surface area contributed by atoms with E-state index in [1.165, 1.54) is 5.56 Å². The molecule has 0 unspecified atom stereocenters. The number of benzene rings is 1. The number of ether oxygens (including phenoxy) is 1. The Labute approximate surface area is 126 Å². The molecule has 0 saturated heterocycles. The maximum absolute atomic E-state index is 12.4. The summed E-state index contributed by atoms with van der Waals surface area (Å²) in [5.74, 6) is -0.414. The van der Waals surface area contributed by atoms with Crippen LogP contribution in [0.15, 0.2) is 0 Å². The minimum absolute atomic E-state index is 0.125. The van der Waals surface area contributed by atoms with Crippen LogP contribution < -0.4 is 5.32 Å². The number of hydrogen-bond acceptors (Lipinski definition) is 3. The van der Waals surface area contributed by atoms with Gasteiger partial charge in [-0.15, -0.1) is 0 Å². The van der Waals surface area contributed by atoms with Gasteiger partial charge in [-0.05, 0) is 69.4 Å². The van der Waals surface area contributed by atoms with E-state index in [0.29, 0.717) is 13.2 Å². The van der Waals surface area contributed by atoms with E-state index in [-0.39, 0.29) is 18.3 Å². The fourth-order valence-corrected chi connectivity index (χ4v) is 2.44. The molecule has 1 aromatic carbocycles. The van der Waals surface area contributed by atoms with Gasteiger partial charge in [0.05, 0.1) is 13.0 Å². The van der Waals surface area contributed by atoms with Gasteiger partial charge >= 0.3 is 5.97 Å². The van der Waals surface area contributed by atoms with Crippen molar-refractivity contribution in [2.24, 2.45) is 0 Å². The summed E-state index contributed by atoms with van der Waals surface area (Å²) < 4.78 is 4.84. The molecule has 1 rings (SSSR count). The lowest BCUT2D eigenvalue weighted by atomic mass is 9.89. The summed E-state index contributed by atoms with van der Waals surface area (Å²) in [4.78, 5) is 23.7. The molecule has 0 saturated carbocycles. The number of amides is 1. The van der Waals surface area contributed by atoms with Crippen LogP contribution in [0.2, 0.25) is 0 Å². The Bertz CT molecular complexity index is 533. The Morgan fingerprint density at radius 2 is 1.38 bits per heavy atom. The van der Waals surface area contributed by atoms with E-state index in [1.807, 2.05) is 27.7 Å². The van der Waals surface area contributed by atoms with Crippen LogP contribution in [-0.2, 0) is 9.53 Å². The highest BCUT2D eigenvalue weighted by molar-refractivity contribution is 5.98. The third kappa shape index (κ3) is 3.84. The van der Waals surface area contributed by atoms with Crippen molar-refractivity contribution in [3.63, 3.8) is 0 Å². The van der Waals surface area contributed by atoms with E-state index < -0.39 is 0 Å². The molecule has 0 heterocycles. The van der Waals surface area contributed by atoms with Gasteiger partial charge in [-0.25, -0.2) is 0 Å². The molecule has 1 amide bonds. The zero-order chi connectivity index (χ0) is 16.2. The molecule has 4 heteroatoms. The first-order chi connectivity index (χ1) is 9.81. The predicted molar refractivity (Wildman–Crippen MR) is 83.7 cm³/mol. The van der Waals surface area contributed by atoms with Crippen LogP contribution in [0.25, 0.3) is 0 Å². The Morgan fingerprint density at radius 3 is 1.86 bits per heavy atom. The third-order valence-corrected chi connectivity index (χ3v) is 4.15. The van der Waals surface area contributed by atoms with E-state index in [1.54, 1.807) is 6.92 Å². The summed E-state index contributed by atoms with van der Waals surface area (Å²) >= 11 is 0. The van der Waals surface area contributed by atoms with Crippen molar-refractivity contribution in [2.45, 2.75) is 48.0 Å². The quantitative estimate of drug-likeness (QED) is 0.849. The summed E-state index contributed by atoms with van der Waals surface area (Å²) in [6.07, 6.45) is 0.196. The molecule has 0 bridgehead atoms. The third-order valence-electron chi connectivity index (χ3n) is 4.15. The van der Waals surface area contributed by atoms with Crippen molar-refractivity contribution in [3.8, 4) is 0 Å². The van der Waals surface area contributed by atoms with Crippen molar-refractivity contribution in [1.82, 2.24) is 5.32 Å². The minimum Gasteiger partial charge on any atom is -0.466 e. The second-order valence-electron chi connectivity index (χ2n) is 5.31. The summed E-state index contributed by atoms with van der Waals surface area (Å²) in [7, 11) is 0. The lowest BCUT2D eigenvalue weighted by Gasteiger charge is -2.18. The zero-order valence-corrected chi connectivity index (χ0v) is 13.8. The average molecular weight is 291 g/mol. The summed E-state index contributed by atoms with van der Waals surface area (Å²) in [5, 5.41) is 2.80. The van der Waals surface area contributed by atoms with Crippen molar-refractivity contribution in [1.29, 1.82) is 0 Å². The van der Waals surface area contributed by atoms with Crippen LogP contribution in [0.5, 0.6) is 0 Å². The lowest BCUT2D eigenvalue weighted by molar-refractivity contribution is -0.142. The van der Waals surface area contributed by atoms with Crippen LogP contribution in [0, 0.1) is 34.6 Å². The molecular weight excluding hydrogens is 266 g/mol. The monoisotopic (exact) mass is 291 g/mol. The topological polar surface area (TPSA) is 55.4 Å².